The number of benzene rings is 1. The molecule has 4 heteroatoms. The maximum Gasteiger partial charge on any atom is 0.307 e. The highest BCUT2D eigenvalue weighted by molar-refractivity contribution is 5.80. The van der Waals surface area contributed by atoms with E-state index in [1.807, 2.05) is 44.2 Å². The van der Waals surface area contributed by atoms with Crippen molar-refractivity contribution < 1.29 is 19.8 Å². The third-order valence-corrected chi connectivity index (χ3v) is 3.14. The largest absolute Gasteiger partial charge is 0.481 e. The van der Waals surface area contributed by atoms with Gasteiger partial charge in [0.25, 0.3) is 0 Å². The van der Waals surface area contributed by atoms with E-state index in [9.17, 15) is 19.8 Å². The zero-order valence-corrected chi connectivity index (χ0v) is 11.2. The number of carboxylic acid groups (broad SMARTS) is 2. The number of carboxylic acids is 2. The molecule has 0 aromatic heterocycles. The van der Waals surface area contributed by atoms with E-state index >= 15 is 0 Å². The number of rotatable bonds is 7. The van der Waals surface area contributed by atoms with Crippen LogP contribution in [0.5, 0.6) is 0 Å². The molecule has 2 atom stereocenters. The first-order valence-electron chi connectivity index (χ1n) is 6.41. The van der Waals surface area contributed by atoms with Crippen LogP contribution >= 0.6 is 0 Å². The van der Waals surface area contributed by atoms with Crippen molar-refractivity contribution in [2.75, 3.05) is 0 Å². The van der Waals surface area contributed by atoms with E-state index in [2.05, 4.69) is 0 Å². The lowest BCUT2D eigenvalue weighted by Gasteiger charge is -2.22. The standard InChI is InChI=1S/C15H20O4/c1-10(2)8-12(14(16)17)13(15(18)19)9-11-6-4-3-5-7-11/h3-7,10,12-13H,8-9H2,1-2H3,(H,16,17)(H,18,19). The van der Waals surface area contributed by atoms with Crippen LogP contribution in [-0.2, 0) is 16.0 Å². The Balaban J connectivity index is 2.91. The molecule has 0 saturated heterocycles. The Morgan fingerprint density at radius 3 is 1.95 bits per heavy atom. The Labute approximate surface area is 113 Å². The summed E-state index contributed by atoms with van der Waals surface area (Å²) in [6, 6.07) is 9.15. The molecule has 0 amide bonds. The Kier molecular flexibility index (Phi) is 5.55. The van der Waals surface area contributed by atoms with E-state index in [1.165, 1.54) is 0 Å². The van der Waals surface area contributed by atoms with E-state index in [-0.39, 0.29) is 12.3 Å². The molecule has 2 unspecified atom stereocenters. The normalized spacial score (nSPS) is 14.1. The summed E-state index contributed by atoms with van der Waals surface area (Å²) < 4.78 is 0. The van der Waals surface area contributed by atoms with Gasteiger partial charge in [-0.05, 0) is 24.3 Å². The molecule has 0 bridgehead atoms. The van der Waals surface area contributed by atoms with Gasteiger partial charge in [0.15, 0.2) is 0 Å². The van der Waals surface area contributed by atoms with Crippen LogP contribution in [0.25, 0.3) is 0 Å². The fourth-order valence-electron chi connectivity index (χ4n) is 2.21. The van der Waals surface area contributed by atoms with Crippen LogP contribution in [-0.4, -0.2) is 22.2 Å². The number of carbonyl (C=O) groups is 2. The molecule has 19 heavy (non-hydrogen) atoms. The number of hydrogen-bond donors (Lipinski definition) is 2. The summed E-state index contributed by atoms with van der Waals surface area (Å²) in [5, 5.41) is 18.6. The molecule has 4 nitrogen and oxygen atoms in total. The van der Waals surface area contributed by atoms with Gasteiger partial charge in [0, 0.05) is 0 Å². The second-order valence-electron chi connectivity index (χ2n) is 5.21. The van der Waals surface area contributed by atoms with Gasteiger partial charge in [-0.1, -0.05) is 44.2 Å². The van der Waals surface area contributed by atoms with Crippen LogP contribution in [0.1, 0.15) is 25.8 Å². The van der Waals surface area contributed by atoms with Crippen LogP contribution in [0, 0.1) is 17.8 Å². The van der Waals surface area contributed by atoms with Crippen molar-refractivity contribution in [1.82, 2.24) is 0 Å². The Morgan fingerprint density at radius 1 is 1.00 bits per heavy atom. The smallest absolute Gasteiger partial charge is 0.307 e. The van der Waals surface area contributed by atoms with Crippen molar-refractivity contribution in [3.63, 3.8) is 0 Å². The fraction of sp³-hybridized carbons (Fsp3) is 0.467. The zero-order chi connectivity index (χ0) is 14.4. The third kappa shape index (κ3) is 4.73. The second kappa shape index (κ2) is 6.92. The summed E-state index contributed by atoms with van der Waals surface area (Å²) >= 11 is 0. The summed E-state index contributed by atoms with van der Waals surface area (Å²) in [7, 11) is 0. The highest BCUT2D eigenvalue weighted by atomic mass is 16.4. The van der Waals surface area contributed by atoms with Gasteiger partial charge in [-0.15, -0.1) is 0 Å². The number of hydrogen-bond acceptors (Lipinski definition) is 2. The van der Waals surface area contributed by atoms with Crippen LogP contribution in [0.2, 0.25) is 0 Å². The number of aliphatic carboxylic acids is 2. The summed E-state index contributed by atoms with van der Waals surface area (Å²) in [5.41, 5.74) is 0.852. The highest BCUT2D eigenvalue weighted by Crippen LogP contribution is 2.25. The van der Waals surface area contributed by atoms with E-state index in [1.54, 1.807) is 0 Å². The van der Waals surface area contributed by atoms with Gasteiger partial charge in [0.1, 0.15) is 0 Å². The van der Waals surface area contributed by atoms with Gasteiger partial charge in [-0.3, -0.25) is 9.59 Å². The topological polar surface area (TPSA) is 74.6 Å². The maximum absolute atomic E-state index is 11.4. The third-order valence-electron chi connectivity index (χ3n) is 3.14. The predicted octanol–water partition coefficient (Wildman–Crippen LogP) is 2.68. The molecule has 1 aromatic carbocycles. The lowest BCUT2D eigenvalue weighted by molar-refractivity contribution is -0.154. The molecule has 0 heterocycles. The van der Waals surface area contributed by atoms with Crippen LogP contribution in [0.4, 0.5) is 0 Å². The highest BCUT2D eigenvalue weighted by Gasteiger charge is 2.34. The monoisotopic (exact) mass is 264 g/mol. The molecule has 0 spiro atoms. The minimum Gasteiger partial charge on any atom is -0.481 e. The first kappa shape index (κ1) is 15.2. The Bertz CT molecular complexity index is 425. The van der Waals surface area contributed by atoms with Crippen molar-refractivity contribution in [2.45, 2.75) is 26.7 Å². The van der Waals surface area contributed by atoms with Crippen LogP contribution < -0.4 is 0 Å². The van der Waals surface area contributed by atoms with Gasteiger partial charge >= 0.3 is 11.9 Å². The molecule has 0 aliphatic carbocycles. The van der Waals surface area contributed by atoms with Gasteiger partial charge in [-0.2, -0.15) is 0 Å². The Morgan fingerprint density at radius 2 is 1.53 bits per heavy atom. The van der Waals surface area contributed by atoms with Crippen molar-refractivity contribution in [3.8, 4) is 0 Å². The molecule has 0 aliphatic rings. The summed E-state index contributed by atoms with van der Waals surface area (Å²) in [4.78, 5) is 22.7. The summed E-state index contributed by atoms with van der Waals surface area (Å²) in [6.45, 7) is 3.80. The van der Waals surface area contributed by atoms with Crippen molar-refractivity contribution in [2.24, 2.45) is 17.8 Å². The minimum absolute atomic E-state index is 0.152. The predicted molar refractivity (Wildman–Crippen MR) is 71.9 cm³/mol. The van der Waals surface area contributed by atoms with Crippen LogP contribution in [0.3, 0.4) is 0 Å². The average Bonchev–Trinajstić information content (AvgIpc) is 2.34. The first-order valence-corrected chi connectivity index (χ1v) is 6.41. The lowest BCUT2D eigenvalue weighted by Crippen LogP contribution is -2.32. The molecule has 0 radical (unpaired) electrons. The first-order chi connectivity index (χ1) is 8.91. The molecule has 0 fully saturated rings. The Hall–Kier alpha value is -1.84. The molecule has 0 aliphatic heterocycles. The SMILES string of the molecule is CC(C)CC(C(=O)O)C(Cc1ccccc1)C(=O)O. The lowest BCUT2D eigenvalue weighted by atomic mass is 9.82. The van der Waals surface area contributed by atoms with Gasteiger partial charge in [0.05, 0.1) is 11.8 Å². The zero-order valence-electron chi connectivity index (χ0n) is 11.2. The average molecular weight is 264 g/mol. The van der Waals surface area contributed by atoms with Crippen molar-refractivity contribution in [3.05, 3.63) is 35.9 Å². The molecular weight excluding hydrogens is 244 g/mol. The molecular formula is C15H20O4. The molecule has 104 valence electrons. The molecule has 1 aromatic rings. The molecule has 1 rings (SSSR count). The van der Waals surface area contributed by atoms with E-state index in [0.717, 1.165) is 5.56 Å². The summed E-state index contributed by atoms with van der Waals surface area (Å²) in [5.74, 6) is -3.66. The van der Waals surface area contributed by atoms with Crippen LogP contribution in [0.15, 0.2) is 30.3 Å². The summed E-state index contributed by atoms with van der Waals surface area (Å²) in [6.07, 6.45) is 0.624. The minimum atomic E-state index is -1.04. The second-order valence-corrected chi connectivity index (χ2v) is 5.21. The quantitative estimate of drug-likeness (QED) is 0.794. The van der Waals surface area contributed by atoms with Gasteiger partial charge in [0.2, 0.25) is 0 Å². The van der Waals surface area contributed by atoms with Gasteiger partial charge in [-0.25, -0.2) is 0 Å². The van der Waals surface area contributed by atoms with Crippen molar-refractivity contribution >= 4 is 11.9 Å². The van der Waals surface area contributed by atoms with Gasteiger partial charge < -0.3 is 10.2 Å². The van der Waals surface area contributed by atoms with Crippen molar-refractivity contribution in [1.29, 1.82) is 0 Å². The fourth-order valence-corrected chi connectivity index (χ4v) is 2.21. The van der Waals surface area contributed by atoms with E-state index < -0.39 is 23.8 Å². The molecule has 0 saturated carbocycles. The molecule has 2 N–H and O–H groups in total. The van der Waals surface area contributed by atoms with E-state index in [0.29, 0.717) is 6.42 Å². The maximum atomic E-state index is 11.4. The van der Waals surface area contributed by atoms with E-state index in [4.69, 9.17) is 0 Å².